The fourth-order valence-corrected chi connectivity index (χ4v) is 2.12. The predicted octanol–water partition coefficient (Wildman–Crippen LogP) is 3.86. The largest absolute Gasteiger partial charge is 0.497 e. The van der Waals surface area contributed by atoms with Crippen molar-refractivity contribution in [2.24, 2.45) is 5.92 Å². The van der Waals surface area contributed by atoms with E-state index in [0.29, 0.717) is 5.92 Å². The second-order valence-electron chi connectivity index (χ2n) is 4.95. The lowest BCUT2D eigenvalue weighted by Crippen LogP contribution is -2.21. The smallest absolute Gasteiger partial charge is 0.133 e. The Morgan fingerprint density at radius 1 is 1.26 bits per heavy atom. The minimum atomic E-state index is 0.714. The van der Waals surface area contributed by atoms with Gasteiger partial charge in [0.25, 0.3) is 0 Å². The van der Waals surface area contributed by atoms with Gasteiger partial charge >= 0.3 is 0 Å². The molecular formula is C15H24BrNO2. The van der Waals surface area contributed by atoms with Gasteiger partial charge in [-0.2, -0.15) is 0 Å². The van der Waals surface area contributed by atoms with E-state index in [-0.39, 0.29) is 0 Å². The van der Waals surface area contributed by atoms with Crippen LogP contribution in [-0.4, -0.2) is 26.8 Å². The number of halogens is 1. The van der Waals surface area contributed by atoms with E-state index in [1.54, 1.807) is 7.11 Å². The Morgan fingerprint density at radius 2 is 2.05 bits per heavy atom. The average molecular weight is 330 g/mol. The Hall–Kier alpha value is -0.740. The zero-order valence-corrected chi connectivity index (χ0v) is 13.6. The van der Waals surface area contributed by atoms with Crippen LogP contribution in [0.3, 0.4) is 0 Å². The molecule has 1 aromatic carbocycles. The maximum absolute atomic E-state index is 5.73. The minimum Gasteiger partial charge on any atom is -0.497 e. The van der Waals surface area contributed by atoms with Crippen molar-refractivity contribution in [2.45, 2.75) is 26.7 Å². The third-order valence-corrected chi connectivity index (χ3v) is 3.32. The first-order valence-corrected chi connectivity index (χ1v) is 7.60. The molecular weight excluding hydrogens is 306 g/mol. The Balaban J connectivity index is 2.15. The molecule has 0 radical (unpaired) electrons. The molecule has 0 aromatic heterocycles. The summed E-state index contributed by atoms with van der Waals surface area (Å²) in [6.45, 7) is 7.33. The summed E-state index contributed by atoms with van der Waals surface area (Å²) in [4.78, 5) is 0. The monoisotopic (exact) mass is 329 g/mol. The van der Waals surface area contributed by atoms with E-state index < -0.39 is 0 Å². The molecule has 0 atom stereocenters. The highest BCUT2D eigenvalue weighted by Gasteiger charge is 2.02. The summed E-state index contributed by atoms with van der Waals surface area (Å²) in [5.74, 6) is 2.42. The Morgan fingerprint density at radius 3 is 2.68 bits per heavy atom. The van der Waals surface area contributed by atoms with Gasteiger partial charge in [0, 0.05) is 0 Å². The van der Waals surface area contributed by atoms with Crippen LogP contribution >= 0.6 is 15.9 Å². The van der Waals surface area contributed by atoms with E-state index >= 15 is 0 Å². The van der Waals surface area contributed by atoms with Gasteiger partial charge in [-0.05, 0) is 66.0 Å². The molecule has 1 rings (SSSR count). The first-order valence-electron chi connectivity index (χ1n) is 6.80. The maximum Gasteiger partial charge on any atom is 0.133 e. The van der Waals surface area contributed by atoms with Gasteiger partial charge in [-0.25, -0.2) is 0 Å². The highest BCUT2D eigenvalue weighted by Crippen LogP contribution is 2.29. The van der Waals surface area contributed by atoms with Crippen LogP contribution in [0.2, 0.25) is 0 Å². The lowest BCUT2D eigenvalue weighted by Gasteiger charge is -2.10. The number of methoxy groups -OCH3 is 1. The highest BCUT2D eigenvalue weighted by atomic mass is 79.9. The van der Waals surface area contributed by atoms with Crippen LogP contribution in [0.15, 0.2) is 22.7 Å². The van der Waals surface area contributed by atoms with Gasteiger partial charge in [-0.3, -0.25) is 0 Å². The summed E-state index contributed by atoms with van der Waals surface area (Å²) in [6.07, 6.45) is 2.20. The molecule has 0 aliphatic heterocycles. The Kier molecular flexibility index (Phi) is 7.91. The molecule has 3 nitrogen and oxygen atoms in total. The van der Waals surface area contributed by atoms with Crippen molar-refractivity contribution in [1.29, 1.82) is 0 Å². The first kappa shape index (κ1) is 16.3. The summed E-state index contributed by atoms with van der Waals surface area (Å²) in [6, 6.07) is 5.75. The van der Waals surface area contributed by atoms with E-state index in [9.17, 15) is 0 Å². The zero-order chi connectivity index (χ0) is 14.1. The van der Waals surface area contributed by atoms with Crippen molar-refractivity contribution in [3.05, 3.63) is 22.7 Å². The lowest BCUT2D eigenvalue weighted by atomic mass is 10.2. The van der Waals surface area contributed by atoms with Crippen LogP contribution in [-0.2, 0) is 0 Å². The molecule has 0 saturated carbocycles. The van der Waals surface area contributed by atoms with Crippen LogP contribution in [0.4, 0.5) is 0 Å². The van der Waals surface area contributed by atoms with Gasteiger partial charge in [-0.15, -0.1) is 0 Å². The van der Waals surface area contributed by atoms with Crippen molar-refractivity contribution < 1.29 is 9.47 Å². The standard InChI is InChI=1S/C15H24BrNO2/c1-12(2)11-17-8-4-5-9-19-15-7-6-13(18-3)10-14(15)16/h6-7,10,12,17H,4-5,8-9,11H2,1-3H3. The summed E-state index contributed by atoms with van der Waals surface area (Å²) in [5.41, 5.74) is 0. The molecule has 0 spiro atoms. The molecule has 0 unspecified atom stereocenters. The van der Waals surface area contributed by atoms with Crippen LogP contribution in [0.25, 0.3) is 0 Å². The predicted molar refractivity (Wildman–Crippen MR) is 83.1 cm³/mol. The zero-order valence-electron chi connectivity index (χ0n) is 12.0. The van der Waals surface area contributed by atoms with Gasteiger partial charge < -0.3 is 14.8 Å². The molecule has 4 heteroatoms. The number of nitrogens with one attached hydrogen (secondary N) is 1. The number of unbranched alkanes of at least 4 members (excludes halogenated alkanes) is 1. The SMILES string of the molecule is COc1ccc(OCCCCNCC(C)C)c(Br)c1. The summed E-state index contributed by atoms with van der Waals surface area (Å²) in [7, 11) is 1.66. The van der Waals surface area contributed by atoms with Crippen LogP contribution in [0, 0.1) is 5.92 Å². The van der Waals surface area contributed by atoms with Gasteiger partial charge in [0.05, 0.1) is 18.2 Å². The van der Waals surface area contributed by atoms with Crippen molar-refractivity contribution >= 4 is 15.9 Å². The Bertz CT molecular complexity index is 369. The summed E-state index contributed by atoms with van der Waals surface area (Å²) in [5, 5.41) is 3.43. The number of hydrogen-bond donors (Lipinski definition) is 1. The topological polar surface area (TPSA) is 30.5 Å². The third-order valence-electron chi connectivity index (χ3n) is 2.70. The molecule has 1 aromatic rings. The van der Waals surface area contributed by atoms with Crippen molar-refractivity contribution in [1.82, 2.24) is 5.32 Å². The molecule has 1 N–H and O–H groups in total. The summed E-state index contributed by atoms with van der Waals surface area (Å²) < 4.78 is 11.8. The van der Waals surface area contributed by atoms with Crippen LogP contribution in [0.5, 0.6) is 11.5 Å². The molecule has 0 fully saturated rings. The highest BCUT2D eigenvalue weighted by molar-refractivity contribution is 9.10. The second kappa shape index (κ2) is 9.21. The third kappa shape index (κ3) is 6.83. The lowest BCUT2D eigenvalue weighted by molar-refractivity contribution is 0.303. The van der Waals surface area contributed by atoms with E-state index in [1.807, 2.05) is 18.2 Å². The number of ether oxygens (including phenoxy) is 2. The molecule has 0 amide bonds. The Labute approximate surface area is 124 Å². The molecule has 0 saturated heterocycles. The normalized spacial score (nSPS) is 10.8. The molecule has 0 aliphatic carbocycles. The van der Waals surface area contributed by atoms with Gasteiger partial charge in [0.2, 0.25) is 0 Å². The summed E-state index contributed by atoms with van der Waals surface area (Å²) >= 11 is 3.48. The molecule has 19 heavy (non-hydrogen) atoms. The van der Waals surface area contributed by atoms with E-state index in [0.717, 1.165) is 48.5 Å². The van der Waals surface area contributed by atoms with Crippen molar-refractivity contribution in [3.8, 4) is 11.5 Å². The fourth-order valence-electron chi connectivity index (χ4n) is 1.65. The quantitative estimate of drug-likeness (QED) is 0.698. The van der Waals surface area contributed by atoms with Crippen LogP contribution < -0.4 is 14.8 Å². The van der Waals surface area contributed by atoms with Crippen molar-refractivity contribution in [3.63, 3.8) is 0 Å². The van der Waals surface area contributed by atoms with E-state index in [4.69, 9.17) is 9.47 Å². The number of hydrogen-bond acceptors (Lipinski definition) is 3. The maximum atomic E-state index is 5.73. The fraction of sp³-hybridized carbons (Fsp3) is 0.600. The first-order chi connectivity index (χ1) is 9.13. The molecule has 0 heterocycles. The number of benzene rings is 1. The minimum absolute atomic E-state index is 0.714. The average Bonchev–Trinajstić information content (AvgIpc) is 2.38. The van der Waals surface area contributed by atoms with Gasteiger partial charge in [0.15, 0.2) is 0 Å². The molecule has 108 valence electrons. The van der Waals surface area contributed by atoms with E-state index in [1.165, 1.54) is 0 Å². The van der Waals surface area contributed by atoms with Gasteiger partial charge in [-0.1, -0.05) is 13.8 Å². The van der Waals surface area contributed by atoms with Crippen molar-refractivity contribution in [2.75, 3.05) is 26.8 Å². The molecule has 0 bridgehead atoms. The van der Waals surface area contributed by atoms with Crippen LogP contribution in [0.1, 0.15) is 26.7 Å². The second-order valence-corrected chi connectivity index (χ2v) is 5.80. The van der Waals surface area contributed by atoms with E-state index in [2.05, 4.69) is 35.1 Å². The molecule has 0 aliphatic rings. The van der Waals surface area contributed by atoms with Gasteiger partial charge in [0.1, 0.15) is 11.5 Å². The number of rotatable bonds is 9.